The molecule has 2 rings (SSSR count). The summed E-state index contributed by atoms with van der Waals surface area (Å²) in [6.45, 7) is 5.95. The Morgan fingerprint density at radius 3 is 2.24 bits per heavy atom. The highest BCUT2D eigenvalue weighted by molar-refractivity contribution is 5.96. The molecule has 1 heterocycles. The maximum Gasteiger partial charge on any atom is 0.416 e. The quantitative estimate of drug-likeness (QED) is 0.388. The van der Waals surface area contributed by atoms with Crippen molar-refractivity contribution in [3.8, 4) is 0 Å². The predicted molar refractivity (Wildman–Crippen MR) is 124 cm³/mol. The van der Waals surface area contributed by atoms with Gasteiger partial charge in [-0.05, 0) is 56.2 Å². The first-order chi connectivity index (χ1) is 16.2. The number of ether oxygens (including phenoxy) is 1. The normalized spacial score (nSPS) is 11.5. The van der Waals surface area contributed by atoms with E-state index in [0.29, 0.717) is 32.7 Å². The van der Waals surface area contributed by atoms with E-state index in [1.807, 2.05) is 43.8 Å². The minimum Gasteiger partial charge on any atom is -0.382 e. The molecular weight excluding hydrogens is 447 g/mol. The van der Waals surface area contributed by atoms with Gasteiger partial charge in [-0.3, -0.25) is 9.59 Å². The molecule has 2 amide bonds. The summed E-state index contributed by atoms with van der Waals surface area (Å²) >= 11 is 0. The number of nitrogens with zero attached hydrogens (tertiary/aromatic N) is 3. The molecule has 0 bridgehead atoms. The Kier molecular flexibility index (Phi) is 10.6. The molecule has 0 aliphatic rings. The maximum atomic E-state index is 13.3. The maximum absolute atomic E-state index is 13.3. The van der Waals surface area contributed by atoms with E-state index in [0.717, 1.165) is 42.8 Å². The summed E-state index contributed by atoms with van der Waals surface area (Å²) in [5, 5.41) is 0. The number of alkyl halides is 3. The van der Waals surface area contributed by atoms with Crippen LogP contribution < -0.4 is 0 Å². The van der Waals surface area contributed by atoms with Gasteiger partial charge >= 0.3 is 6.18 Å². The van der Waals surface area contributed by atoms with Gasteiger partial charge in [0.2, 0.25) is 5.91 Å². The Morgan fingerprint density at radius 2 is 1.68 bits per heavy atom. The van der Waals surface area contributed by atoms with Gasteiger partial charge in [0, 0.05) is 50.8 Å². The fourth-order valence-electron chi connectivity index (χ4n) is 3.50. The topological polar surface area (TPSA) is 54.8 Å². The zero-order valence-electron chi connectivity index (χ0n) is 20.1. The van der Waals surface area contributed by atoms with Crippen LogP contribution in [-0.4, -0.2) is 59.0 Å². The average molecular weight is 482 g/mol. The molecule has 1 aromatic heterocycles. The van der Waals surface area contributed by atoms with Crippen LogP contribution in [0.2, 0.25) is 0 Å². The zero-order valence-corrected chi connectivity index (χ0v) is 20.1. The number of carbonyl (C=O) groups is 2. The fourth-order valence-corrected chi connectivity index (χ4v) is 3.50. The first-order valence-electron chi connectivity index (χ1n) is 11.6. The Hall–Kier alpha value is -2.81. The molecule has 0 spiro atoms. The van der Waals surface area contributed by atoms with Crippen LogP contribution in [0.15, 0.2) is 42.6 Å². The van der Waals surface area contributed by atoms with E-state index < -0.39 is 17.6 Å². The van der Waals surface area contributed by atoms with Gasteiger partial charge in [-0.15, -0.1) is 0 Å². The Morgan fingerprint density at radius 1 is 1.00 bits per heavy atom. The van der Waals surface area contributed by atoms with E-state index in [2.05, 4.69) is 0 Å². The van der Waals surface area contributed by atoms with Gasteiger partial charge in [-0.2, -0.15) is 13.2 Å². The average Bonchev–Trinajstić information content (AvgIpc) is 3.21. The lowest BCUT2D eigenvalue weighted by molar-refractivity contribution is -0.137. The molecule has 0 radical (unpaired) electrons. The van der Waals surface area contributed by atoms with Crippen molar-refractivity contribution in [3.05, 3.63) is 59.4 Å². The molecule has 0 saturated heterocycles. The molecule has 0 saturated carbocycles. The largest absolute Gasteiger partial charge is 0.416 e. The van der Waals surface area contributed by atoms with E-state index in [1.54, 1.807) is 4.90 Å². The number of aromatic nitrogens is 1. The molecule has 9 heteroatoms. The number of carbonyl (C=O) groups excluding carboxylic acids is 2. The van der Waals surface area contributed by atoms with Crippen LogP contribution in [-0.2, 0) is 29.3 Å². The Labute approximate surface area is 199 Å². The summed E-state index contributed by atoms with van der Waals surface area (Å²) in [6, 6.07) is 7.94. The van der Waals surface area contributed by atoms with Crippen LogP contribution in [0.3, 0.4) is 0 Å². The monoisotopic (exact) mass is 481 g/mol. The van der Waals surface area contributed by atoms with Gasteiger partial charge in [0.05, 0.1) is 12.1 Å². The van der Waals surface area contributed by atoms with Crippen molar-refractivity contribution in [1.29, 1.82) is 0 Å². The molecule has 0 N–H and O–H groups in total. The second-order valence-corrected chi connectivity index (χ2v) is 8.13. The molecule has 6 nitrogen and oxygen atoms in total. The lowest BCUT2D eigenvalue weighted by Gasteiger charge is -2.28. The second-order valence-electron chi connectivity index (χ2n) is 8.13. The molecule has 0 fully saturated rings. The van der Waals surface area contributed by atoms with Crippen molar-refractivity contribution in [2.75, 3.05) is 32.8 Å². The van der Waals surface area contributed by atoms with Gasteiger partial charge in [0.1, 0.15) is 6.54 Å². The summed E-state index contributed by atoms with van der Waals surface area (Å²) in [5.74, 6) is -0.681. The van der Waals surface area contributed by atoms with Crippen molar-refractivity contribution in [2.45, 2.75) is 45.8 Å². The van der Waals surface area contributed by atoms with E-state index in [9.17, 15) is 22.8 Å². The smallest absolute Gasteiger partial charge is 0.382 e. The van der Waals surface area contributed by atoms with Crippen LogP contribution in [0.4, 0.5) is 13.2 Å². The molecule has 34 heavy (non-hydrogen) atoms. The lowest BCUT2D eigenvalue weighted by Crippen LogP contribution is -2.43. The summed E-state index contributed by atoms with van der Waals surface area (Å²) in [5.41, 5.74) is 0.262. The second kappa shape index (κ2) is 13.2. The van der Waals surface area contributed by atoms with Crippen LogP contribution >= 0.6 is 0 Å². The highest BCUT2D eigenvalue weighted by Gasteiger charge is 2.30. The first-order valence-corrected chi connectivity index (χ1v) is 11.6. The molecule has 1 aromatic carbocycles. The highest BCUT2D eigenvalue weighted by Crippen LogP contribution is 2.29. The molecule has 2 aromatic rings. The van der Waals surface area contributed by atoms with Crippen molar-refractivity contribution in [3.63, 3.8) is 0 Å². The van der Waals surface area contributed by atoms with E-state index >= 15 is 0 Å². The Bertz CT molecular complexity index is 910. The summed E-state index contributed by atoms with van der Waals surface area (Å²) in [6.07, 6.45) is -0.315. The standard InChI is InChI=1S/C25H34F3N3O3/c1-4-6-15-30(18-22-9-7-14-29(22)3)23(32)19-31(16-8-17-34-5-2)24(33)20-10-12-21(13-11-20)25(26,27)28/h7,9-14H,4-6,8,15-19H2,1-3H3. The number of unbranched alkanes of at least 4 members (excludes halogenated alkanes) is 1. The van der Waals surface area contributed by atoms with Crippen LogP contribution in [0.5, 0.6) is 0 Å². The van der Waals surface area contributed by atoms with Crippen molar-refractivity contribution in [2.24, 2.45) is 7.05 Å². The van der Waals surface area contributed by atoms with Crippen molar-refractivity contribution < 1.29 is 27.5 Å². The molecule has 0 atom stereocenters. The van der Waals surface area contributed by atoms with Gasteiger partial charge in [0.25, 0.3) is 5.91 Å². The first kappa shape index (κ1) is 27.4. The Balaban J connectivity index is 2.19. The number of benzene rings is 1. The summed E-state index contributed by atoms with van der Waals surface area (Å²) in [7, 11) is 1.91. The van der Waals surface area contributed by atoms with Gasteiger partial charge in [-0.25, -0.2) is 0 Å². The number of amides is 2. The third-order valence-electron chi connectivity index (χ3n) is 5.53. The molecule has 0 unspecified atom stereocenters. The minimum atomic E-state index is -4.48. The van der Waals surface area contributed by atoms with Gasteiger partial charge < -0.3 is 19.1 Å². The van der Waals surface area contributed by atoms with Crippen LogP contribution in [0, 0.1) is 0 Å². The number of hydrogen-bond donors (Lipinski definition) is 0. The summed E-state index contributed by atoms with van der Waals surface area (Å²) in [4.78, 5) is 29.5. The predicted octanol–water partition coefficient (Wildman–Crippen LogP) is 4.74. The van der Waals surface area contributed by atoms with Crippen molar-refractivity contribution >= 4 is 11.8 Å². The number of rotatable bonds is 13. The minimum absolute atomic E-state index is 0.111. The van der Waals surface area contributed by atoms with E-state index in [-0.39, 0.29) is 24.6 Å². The van der Waals surface area contributed by atoms with Crippen LogP contribution in [0.25, 0.3) is 0 Å². The zero-order chi connectivity index (χ0) is 25.1. The molecular formula is C25H34F3N3O3. The lowest BCUT2D eigenvalue weighted by atomic mass is 10.1. The molecule has 0 aliphatic carbocycles. The number of halogens is 3. The SMILES string of the molecule is CCCCN(Cc1cccn1C)C(=O)CN(CCCOCC)C(=O)c1ccc(C(F)(F)F)cc1. The highest BCUT2D eigenvalue weighted by atomic mass is 19.4. The van der Waals surface area contributed by atoms with Crippen molar-refractivity contribution in [1.82, 2.24) is 14.4 Å². The third-order valence-corrected chi connectivity index (χ3v) is 5.53. The fraction of sp³-hybridized carbons (Fsp3) is 0.520. The van der Waals surface area contributed by atoms with E-state index in [1.165, 1.54) is 4.90 Å². The van der Waals surface area contributed by atoms with Crippen LogP contribution in [0.1, 0.15) is 54.7 Å². The summed E-state index contributed by atoms with van der Waals surface area (Å²) < 4.78 is 46.0. The van der Waals surface area contributed by atoms with Gasteiger partial charge in [0.15, 0.2) is 0 Å². The van der Waals surface area contributed by atoms with Gasteiger partial charge in [-0.1, -0.05) is 13.3 Å². The third kappa shape index (κ3) is 8.20. The number of aryl methyl sites for hydroxylation is 1. The molecule has 188 valence electrons. The van der Waals surface area contributed by atoms with E-state index in [4.69, 9.17) is 4.74 Å². The number of hydrogen-bond acceptors (Lipinski definition) is 3. The molecule has 0 aliphatic heterocycles.